The largest absolute Gasteiger partial charge is 0.393 e. The van der Waals surface area contributed by atoms with Crippen molar-refractivity contribution in [1.82, 2.24) is 0 Å². The Morgan fingerprint density at radius 2 is 1.40 bits per heavy atom. The summed E-state index contributed by atoms with van der Waals surface area (Å²) in [5.41, 5.74) is 3.74. The van der Waals surface area contributed by atoms with Gasteiger partial charge in [0.15, 0.2) is 0 Å². The minimum absolute atomic E-state index is 0. The molecule has 2 aromatic carbocycles. The zero-order valence-electron chi connectivity index (χ0n) is 25.8. The molecular formula is C36H48Ac3O3. The van der Waals surface area contributed by atoms with Crippen molar-refractivity contribution in [2.75, 3.05) is 0 Å². The maximum absolute atomic E-state index is 11.9. The molecule has 0 saturated heterocycles. The number of allylic oxidation sites excluding steroid dienone is 1. The van der Waals surface area contributed by atoms with E-state index in [9.17, 15) is 15.3 Å². The molecule has 0 aromatic heterocycles. The Hall–Kier alpha value is 2.38. The van der Waals surface area contributed by atoms with Crippen LogP contribution in [-0.4, -0.2) is 33.6 Å². The van der Waals surface area contributed by atoms with Crippen molar-refractivity contribution >= 4 is 5.57 Å². The van der Waals surface area contributed by atoms with Crippen molar-refractivity contribution in [2.24, 2.45) is 46.3 Å². The van der Waals surface area contributed by atoms with E-state index in [4.69, 9.17) is 0 Å². The number of hydrogen-bond donors (Lipinski definition) is 3. The van der Waals surface area contributed by atoms with Crippen molar-refractivity contribution in [3.05, 3.63) is 77.9 Å². The van der Waals surface area contributed by atoms with E-state index in [0.29, 0.717) is 29.6 Å². The molecule has 6 rings (SSSR count). The Labute approximate surface area is 361 Å². The van der Waals surface area contributed by atoms with Crippen LogP contribution in [0.25, 0.3) is 5.57 Å². The van der Waals surface area contributed by atoms with Gasteiger partial charge in [0.05, 0.1) is 18.3 Å². The first kappa shape index (κ1) is 38.8. The molecular weight excluding hydrogens is 1160 g/mol. The molecule has 0 heterocycles. The van der Waals surface area contributed by atoms with Gasteiger partial charge in [-0.05, 0) is 114 Å². The van der Waals surface area contributed by atoms with Crippen LogP contribution in [0.15, 0.2) is 66.7 Å². The number of hydrogen-bond acceptors (Lipinski definition) is 3. The number of aliphatic hydroxyl groups excluding tert-OH is 3. The molecule has 4 aliphatic carbocycles. The summed E-state index contributed by atoms with van der Waals surface area (Å²) < 4.78 is 0. The predicted octanol–water partition coefficient (Wildman–Crippen LogP) is 7.11. The van der Waals surface area contributed by atoms with E-state index in [1.807, 2.05) is 0 Å². The van der Waals surface area contributed by atoms with E-state index in [1.54, 1.807) is 0 Å². The van der Waals surface area contributed by atoms with E-state index in [0.717, 1.165) is 51.4 Å². The molecule has 0 aliphatic heterocycles. The van der Waals surface area contributed by atoms with Gasteiger partial charge in [0.1, 0.15) is 0 Å². The second kappa shape index (κ2) is 16.2. The van der Waals surface area contributed by atoms with Gasteiger partial charge in [-0.25, -0.2) is 0 Å². The summed E-state index contributed by atoms with van der Waals surface area (Å²) in [6.45, 7) is 7.16. The Bertz CT molecular complexity index is 1130. The van der Waals surface area contributed by atoms with Crippen LogP contribution in [0.3, 0.4) is 0 Å². The van der Waals surface area contributed by atoms with Crippen LogP contribution in [0.1, 0.15) is 83.3 Å². The van der Waals surface area contributed by atoms with Gasteiger partial charge in [-0.1, -0.05) is 87.5 Å². The number of fused-ring (bicyclic) bond motifs is 5. The normalized spacial score (nSPS) is 39.1. The Kier molecular flexibility index (Phi) is 15.0. The van der Waals surface area contributed by atoms with Crippen LogP contribution in [0, 0.1) is 179 Å². The fourth-order valence-corrected chi connectivity index (χ4v) is 10.2. The molecule has 11 atom stereocenters. The van der Waals surface area contributed by atoms with E-state index >= 15 is 0 Å². The Morgan fingerprint density at radius 3 is 2.00 bits per heavy atom. The molecule has 2 aromatic rings. The van der Waals surface area contributed by atoms with Gasteiger partial charge in [-0.2, -0.15) is 0 Å². The molecule has 4 aliphatic rings. The summed E-state index contributed by atoms with van der Waals surface area (Å²) in [6, 6.07) is 21.4. The maximum atomic E-state index is 11.9. The first-order chi connectivity index (χ1) is 18.7. The number of rotatable bonds is 5. The molecule has 0 amide bonds. The van der Waals surface area contributed by atoms with Crippen LogP contribution < -0.4 is 0 Å². The third-order valence-corrected chi connectivity index (χ3v) is 12.4. The van der Waals surface area contributed by atoms with Crippen LogP contribution in [0.5, 0.6) is 0 Å². The second-order valence-corrected chi connectivity index (χ2v) is 14.1. The molecule has 11 unspecified atom stereocenters. The van der Waals surface area contributed by atoms with Crippen molar-refractivity contribution < 1.29 is 148 Å². The standard InChI is InChI=1S/C36H48O3.3Ac/c1-23(14-15-28(24-10-6-4-7-11-24)25-12-8-5-9-13-25)29-16-17-30-34-31(22-33(39)36(29,30)3)35(2)19-18-27(37)20-26(35)21-32(34)38;;;/h4-13,15,23,26-27,29-34,37-39H,14,16-22H2,1-3H3;;;. The van der Waals surface area contributed by atoms with Crippen molar-refractivity contribution in [3.63, 3.8) is 0 Å². The van der Waals surface area contributed by atoms with Crippen molar-refractivity contribution in [2.45, 2.75) is 90.4 Å². The van der Waals surface area contributed by atoms with Crippen LogP contribution in [-0.2, 0) is 0 Å². The first-order valence-corrected chi connectivity index (χ1v) is 15.6. The monoisotopic (exact) mass is 1210 g/mol. The fraction of sp³-hybridized carbons (Fsp3) is 0.611. The maximum Gasteiger partial charge on any atom is 0.0602 e. The first-order valence-electron chi connectivity index (χ1n) is 15.6. The third kappa shape index (κ3) is 7.20. The summed E-state index contributed by atoms with van der Waals surface area (Å²) in [5.74, 6) is 2.24. The van der Waals surface area contributed by atoms with Crippen molar-refractivity contribution in [3.8, 4) is 0 Å². The molecule has 0 spiro atoms. The van der Waals surface area contributed by atoms with E-state index in [2.05, 4.69) is 87.5 Å². The van der Waals surface area contributed by atoms with Crippen molar-refractivity contribution in [1.29, 1.82) is 0 Å². The van der Waals surface area contributed by atoms with Crippen LogP contribution in [0.2, 0.25) is 0 Å². The average Bonchev–Trinajstić information content (AvgIpc) is 3.30. The molecule has 4 fully saturated rings. The molecule has 3 nitrogen and oxygen atoms in total. The summed E-state index contributed by atoms with van der Waals surface area (Å²) >= 11 is 0. The van der Waals surface area contributed by atoms with Gasteiger partial charge < -0.3 is 15.3 Å². The molecule has 4 saturated carbocycles. The summed E-state index contributed by atoms with van der Waals surface area (Å²) in [7, 11) is 0. The SMILES string of the molecule is CC(CC=C(c1ccccc1)c1ccccc1)C1CCC2C3C(O)CC4CC(O)CCC4(C)C3CC(O)C12C.[Ac].[Ac].[Ac]. The quantitative estimate of drug-likeness (QED) is 0.300. The molecule has 3 N–H and O–H groups in total. The van der Waals surface area contributed by atoms with E-state index < -0.39 is 0 Å². The van der Waals surface area contributed by atoms with Gasteiger partial charge in [-0.15, -0.1) is 0 Å². The molecule has 0 bridgehead atoms. The second-order valence-electron chi connectivity index (χ2n) is 14.1. The topological polar surface area (TPSA) is 60.7 Å². The molecule has 42 heavy (non-hydrogen) atoms. The summed E-state index contributed by atoms with van der Waals surface area (Å²) in [5, 5.41) is 33.9. The van der Waals surface area contributed by atoms with Gasteiger partial charge in [-0.3, -0.25) is 0 Å². The zero-order valence-corrected chi connectivity index (χ0v) is 40.0. The molecule has 219 valence electrons. The summed E-state index contributed by atoms with van der Waals surface area (Å²) in [4.78, 5) is 0. The van der Waals surface area contributed by atoms with Gasteiger partial charge >= 0.3 is 0 Å². The Balaban J connectivity index is 0.00000161. The minimum atomic E-state index is -0.333. The zero-order chi connectivity index (χ0) is 27.4. The summed E-state index contributed by atoms with van der Waals surface area (Å²) in [6.07, 6.45) is 9.09. The molecule has 6 heteroatoms. The van der Waals surface area contributed by atoms with Crippen LogP contribution >= 0.6 is 0 Å². The Morgan fingerprint density at radius 1 is 0.810 bits per heavy atom. The number of aliphatic hydroxyl groups is 3. The van der Waals surface area contributed by atoms with E-state index in [-0.39, 0.29) is 167 Å². The van der Waals surface area contributed by atoms with Gasteiger partial charge in [0.25, 0.3) is 0 Å². The molecule has 3 radical (unpaired) electrons. The van der Waals surface area contributed by atoms with Gasteiger partial charge in [0, 0.05) is 132 Å². The minimum Gasteiger partial charge on any atom is -0.393 e. The average molecular weight is 1210 g/mol. The van der Waals surface area contributed by atoms with E-state index in [1.165, 1.54) is 16.7 Å². The third-order valence-electron chi connectivity index (χ3n) is 12.4. The van der Waals surface area contributed by atoms with Gasteiger partial charge in [0.2, 0.25) is 0 Å². The fourth-order valence-electron chi connectivity index (χ4n) is 10.2. The number of benzene rings is 2. The predicted molar refractivity (Wildman–Crippen MR) is 158 cm³/mol. The van der Waals surface area contributed by atoms with Crippen LogP contribution in [0.4, 0.5) is 0 Å². The smallest absolute Gasteiger partial charge is 0.0602 e.